The van der Waals surface area contributed by atoms with E-state index in [-0.39, 0.29) is 0 Å². The van der Waals surface area contributed by atoms with Crippen molar-refractivity contribution in [1.82, 2.24) is 4.57 Å². The molecule has 0 N–H and O–H groups in total. The van der Waals surface area contributed by atoms with Gasteiger partial charge in [0.1, 0.15) is 28.9 Å². The van der Waals surface area contributed by atoms with Crippen LogP contribution in [0.5, 0.6) is 5.75 Å². The second-order valence-corrected chi connectivity index (χ2v) is 11.9. The SMILES string of the molecule is COc1ccc2ccn(CCC[P+](c3ccccc3)(c3ccccc3)c3ccccc3)c2c1. The predicted octanol–water partition coefficient (Wildman–Crippen LogP) is 6.03. The number of ether oxygens (including phenoxy) is 1. The molecule has 0 saturated heterocycles. The maximum absolute atomic E-state index is 5.47. The Hall–Kier alpha value is -3.35. The smallest absolute Gasteiger partial charge is 0.120 e. The van der Waals surface area contributed by atoms with Crippen LogP contribution in [-0.4, -0.2) is 17.8 Å². The highest BCUT2D eigenvalue weighted by Gasteiger charge is 2.44. The van der Waals surface area contributed by atoms with Gasteiger partial charge in [-0.15, -0.1) is 0 Å². The van der Waals surface area contributed by atoms with E-state index in [1.807, 2.05) is 6.07 Å². The van der Waals surface area contributed by atoms with E-state index in [2.05, 4.69) is 120 Å². The number of nitrogens with zero attached hydrogens (tertiary/aromatic N) is 1. The Morgan fingerprint density at radius 2 is 1.21 bits per heavy atom. The van der Waals surface area contributed by atoms with Crippen LogP contribution in [0.4, 0.5) is 0 Å². The number of aryl methyl sites for hydroxylation is 1. The van der Waals surface area contributed by atoms with E-state index >= 15 is 0 Å². The van der Waals surface area contributed by atoms with Crippen LogP contribution in [0.3, 0.4) is 0 Å². The lowest BCUT2D eigenvalue weighted by Gasteiger charge is -2.28. The molecule has 1 heterocycles. The summed E-state index contributed by atoms with van der Waals surface area (Å²) < 4.78 is 7.84. The van der Waals surface area contributed by atoms with Crippen LogP contribution in [-0.2, 0) is 6.54 Å². The van der Waals surface area contributed by atoms with Gasteiger partial charge in [0.15, 0.2) is 0 Å². The van der Waals surface area contributed by atoms with Crippen molar-refractivity contribution in [3.8, 4) is 5.75 Å². The van der Waals surface area contributed by atoms with Gasteiger partial charge in [0, 0.05) is 25.2 Å². The van der Waals surface area contributed by atoms with Crippen molar-refractivity contribution in [3.05, 3.63) is 121 Å². The molecule has 3 heteroatoms. The van der Waals surface area contributed by atoms with Crippen molar-refractivity contribution in [2.24, 2.45) is 0 Å². The third-order valence-corrected chi connectivity index (χ3v) is 11.0. The molecule has 33 heavy (non-hydrogen) atoms. The molecular formula is C30H29NOP+. The molecule has 164 valence electrons. The summed E-state index contributed by atoms with van der Waals surface area (Å²) in [5, 5.41) is 5.59. The molecule has 5 aromatic rings. The Labute approximate surface area is 196 Å². The summed E-state index contributed by atoms with van der Waals surface area (Å²) in [6.07, 6.45) is 4.42. The molecule has 5 rings (SSSR count). The third kappa shape index (κ3) is 4.19. The number of hydrogen-bond acceptors (Lipinski definition) is 1. The minimum Gasteiger partial charge on any atom is -0.497 e. The molecule has 0 aliphatic heterocycles. The van der Waals surface area contributed by atoms with Crippen LogP contribution in [0, 0.1) is 0 Å². The fraction of sp³-hybridized carbons (Fsp3) is 0.133. The van der Waals surface area contributed by atoms with Crippen LogP contribution in [0.2, 0.25) is 0 Å². The first-order valence-electron chi connectivity index (χ1n) is 11.5. The highest BCUT2D eigenvalue weighted by Crippen LogP contribution is 2.55. The minimum atomic E-state index is -1.79. The zero-order chi connectivity index (χ0) is 22.5. The summed E-state index contributed by atoms with van der Waals surface area (Å²) in [4.78, 5) is 0. The maximum Gasteiger partial charge on any atom is 0.120 e. The summed E-state index contributed by atoms with van der Waals surface area (Å²) in [6, 6.07) is 41.9. The minimum absolute atomic E-state index is 0.905. The Morgan fingerprint density at radius 3 is 1.73 bits per heavy atom. The van der Waals surface area contributed by atoms with Gasteiger partial charge in [-0.25, -0.2) is 0 Å². The topological polar surface area (TPSA) is 14.2 Å². The summed E-state index contributed by atoms with van der Waals surface area (Å²) in [6.45, 7) is 0.977. The normalized spacial score (nSPS) is 11.5. The lowest BCUT2D eigenvalue weighted by molar-refractivity contribution is 0.415. The van der Waals surface area contributed by atoms with Crippen molar-refractivity contribution in [1.29, 1.82) is 0 Å². The zero-order valence-electron chi connectivity index (χ0n) is 19.0. The average molecular weight is 451 g/mol. The largest absolute Gasteiger partial charge is 0.497 e. The van der Waals surface area contributed by atoms with Gasteiger partial charge in [-0.2, -0.15) is 0 Å². The Bertz CT molecular complexity index is 1220. The fourth-order valence-corrected chi connectivity index (χ4v) is 9.17. The predicted molar refractivity (Wildman–Crippen MR) is 143 cm³/mol. The van der Waals surface area contributed by atoms with Gasteiger partial charge >= 0.3 is 0 Å². The molecule has 0 aliphatic carbocycles. The molecule has 0 aliphatic rings. The van der Waals surface area contributed by atoms with Gasteiger partial charge in [0.05, 0.1) is 18.8 Å². The number of aromatic nitrogens is 1. The molecule has 0 unspecified atom stereocenters. The van der Waals surface area contributed by atoms with E-state index in [1.54, 1.807) is 7.11 Å². The van der Waals surface area contributed by atoms with E-state index in [4.69, 9.17) is 4.74 Å². The van der Waals surface area contributed by atoms with Crippen LogP contribution < -0.4 is 20.7 Å². The second kappa shape index (κ2) is 9.65. The average Bonchev–Trinajstić information content (AvgIpc) is 3.30. The first-order valence-corrected chi connectivity index (χ1v) is 13.5. The summed E-state index contributed by atoms with van der Waals surface area (Å²) >= 11 is 0. The number of rotatable bonds is 8. The van der Waals surface area contributed by atoms with Gasteiger partial charge in [-0.3, -0.25) is 0 Å². The molecular weight excluding hydrogens is 421 g/mol. The monoisotopic (exact) mass is 450 g/mol. The summed E-state index contributed by atoms with van der Waals surface area (Å²) in [5.41, 5.74) is 1.23. The molecule has 0 amide bonds. The summed E-state index contributed by atoms with van der Waals surface area (Å²) in [7, 11) is -0.0562. The lowest BCUT2D eigenvalue weighted by atomic mass is 10.2. The van der Waals surface area contributed by atoms with Crippen molar-refractivity contribution in [2.45, 2.75) is 13.0 Å². The number of methoxy groups -OCH3 is 1. The molecule has 4 aromatic carbocycles. The number of fused-ring (bicyclic) bond motifs is 1. The molecule has 0 fully saturated rings. The van der Waals surface area contributed by atoms with E-state index in [1.165, 1.54) is 26.8 Å². The van der Waals surface area contributed by atoms with E-state index in [0.29, 0.717) is 0 Å². The van der Waals surface area contributed by atoms with Gasteiger partial charge in [-0.05, 0) is 60.0 Å². The van der Waals surface area contributed by atoms with Gasteiger partial charge < -0.3 is 9.30 Å². The van der Waals surface area contributed by atoms with Crippen molar-refractivity contribution >= 4 is 34.1 Å². The molecule has 0 saturated carbocycles. The van der Waals surface area contributed by atoms with Crippen LogP contribution in [0.1, 0.15) is 6.42 Å². The lowest BCUT2D eigenvalue weighted by Crippen LogP contribution is -2.33. The van der Waals surface area contributed by atoms with Crippen molar-refractivity contribution < 1.29 is 4.74 Å². The van der Waals surface area contributed by atoms with Crippen LogP contribution >= 0.6 is 7.26 Å². The first kappa shape index (κ1) is 21.5. The summed E-state index contributed by atoms with van der Waals surface area (Å²) in [5.74, 6) is 0.905. The number of hydrogen-bond donors (Lipinski definition) is 0. The van der Waals surface area contributed by atoms with E-state index in [9.17, 15) is 0 Å². The molecule has 0 bridgehead atoms. The fourth-order valence-electron chi connectivity index (χ4n) is 4.85. The molecule has 1 aromatic heterocycles. The Kier molecular flexibility index (Phi) is 6.28. The quantitative estimate of drug-likeness (QED) is 0.263. The first-order chi connectivity index (χ1) is 16.3. The molecule has 0 atom stereocenters. The molecule has 0 radical (unpaired) electrons. The van der Waals surface area contributed by atoms with Gasteiger partial charge in [0.25, 0.3) is 0 Å². The van der Waals surface area contributed by atoms with E-state index < -0.39 is 7.26 Å². The zero-order valence-corrected chi connectivity index (χ0v) is 19.9. The van der Waals surface area contributed by atoms with Gasteiger partial charge in [0.2, 0.25) is 0 Å². The highest BCUT2D eigenvalue weighted by atomic mass is 31.2. The van der Waals surface area contributed by atoms with Gasteiger partial charge in [-0.1, -0.05) is 54.6 Å². The Morgan fingerprint density at radius 1 is 0.667 bits per heavy atom. The number of benzene rings is 4. The highest BCUT2D eigenvalue weighted by molar-refractivity contribution is 7.95. The molecule has 0 spiro atoms. The van der Waals surface area contributed by atoms with Crippen LogP contribution in [0.15, 0.2) is 121 Å². The molecule has 2 nitrogen and oxygen atoms in total. The van der Waals surface area contributed by atoms with E-state index in [0.717, 1.165) is 24.9 Å². The van der Waals surface area contributed by atoms with Crippen LogP contribution in [0.25, 0.3) is 10.9 Å². The maximum atomic E-state index is 5.47. The Balaban J connectivity index is 1.54. The third-order valence-electron chi connectivity index (χ3n) is 6.46. The standard InChI is InChI=1S/C30H29NOP/c1-32-26-19-18-25-20-22-31(30(25)24-26)21-11-23-33(27-12-5-2-6-13-27,28-14-7-3-8-15-28)29-16-9-4-10-17-29/h2-10,12-20,22,24H,11,21,23H2,1H3/q+1. The second-order valence-electron chi connectivity index (χ2n) is 8.33. The van der Waals surface area contributed by atoms with Crippen molar-refractivity contribution in [3.63, 3.8) is 0 Å². The van der Waals surface area contributed by atoms with Crippen molar-refractivity contribution in [2.75, 3.05) is 13.3 Å².